The maximum Gasteiger partial charge on any atom is 0.238 e. The van der Waals surface area contributed by atoms with Gasteiger partial charge in [0.15, 0.2) is 0 Å². The van der Waals surface area contributed by atoms with Crippen LogP contribution in [-0.4, -0.2) is 51.8 Å². The number of nitrogens with two attached hydrogens (primary N) is 1. The molecule has 2 aromatic rings. The van der Waals surface area contributed by atoms with E-state index in [9.17, 15) is 5.21 Å². The van der Waals surface area contributed by atoms with Crippen molar-refractivity contribution in [1.82, 2.24) is 14.6 Å². The van der Waals surface area contributed by atoms with Crippen LogP contribution in [0.15, 0.2) is 18.2 Å². The van der Waals surface area contributed by atoms with Crippen molar-refractivity contribution in [2.45, 2.75) is 25.3 Å². The molecule has 1 aromatic carbocycles. The van der Waals surface area contributed by atoms with E-state index in [-0.39, 0.29) is 11.9 Å². The Morgan fingerprint density at radius 1 is 1.45 bits per heavy atom. The van der Waals surface area contributed by atoms with Gasteiger partial charge >= 0.3 is 0 Å². The Balaban J connectivity index is 1.93. The molecule has 118 valence electrons. The molecule has 0 spiro atoms. The summed E-state index contributed by atoms with van der Waals surface area (Å²) >= 11 is 0. The Morgan fingerprint density at radius 3 is 3.05 bits per heavy atom. The number of nitrogen functional groups attached to an aromatic ring is 1. The minimum absolute atomic E-state index is 0.0819. The number of para-hydroxylation sites is 1. The first-order chi connectivity index (χ1) is 10.6. The number of nitrogens with one attached hydrogen (secondary N) is 2. The lowest BCUT2D eigenvalue weighted by molar-refractivity contribution is 0.202. The van der Waals surface area contributed by atoms with Crippen LogP contribution in [0.2, 0.25) is 0 Å². The summed E-state index contributed by atoms with van der Waals surface area (Å²) in [6, 6.07) is 5.55. The average Bonchev–Trinajstić information content (AvgIpc) is 2.66. The highest BCUT2D eigenvalue weighted by Crippen LogP contribution is 2.23. The number of benzene rings is 1. The number of hydrogen-bond acceptors (Lipinski definition) is 5. The molecule has 0 radical (unpaired) electrons. The van der Waals surface area contributed by atoms with Crippen LogP contribution in [0.4, 0.5) is 5.95 Å². The number of hydrogen-bond donors (Lipinski definition) is 4. The Hall–Kier alpha value is -2.28. The number of aromatic nitrogens is 2. The van der Waals surface area contributed by atoms with E-state index in [1.54, 1.807) is 18.2 Å². The topological polar surface area (TPSA) is 103 Å². The van der Waals surface area contributed by atoms with Crippen molar-refractivity contribution in [2.75, 3.05) is 25.5 Å². The maximum absolute atomic E-state index is 10.4. The smallest absolute Gasteiger partial charge is 0.238 e. The molecular formula is C15H22N6O. The summed E-state index contributed by atoms with van der Waals surface area (Å²) in [5.41, 5.74) is 7.17. The second-order valence-electron chi connectivity index (χ2n) is 5.93. The van der Waals surface area contributed by atoms with Crippen molar-refractivity contribution in [2.24, 2.45) is 5.73 Å². The number of nitrogens with zero attached hydrogens (tertiary/aromatic N) is 3. The molecular weight excluding hydrogens is 280 g/mol. The van der Waals surface area contributed by atoms with Gasteiger partial charge in [-0.3, -0.25) is 5.41 Å². The summed E-state index contributed by atoms with van der Waals surface area (Å²) in [7, 11) is 2.11. The Labute approximate surface area is 129 Å². The van der Waals surface area contributed by atoms with Crippen LogP contribution in [0.5, 0.6) is 0 Å². The number of imidazole rings is 1. The van der Waals surface area contributed by atoms with E-state index in [1.165, 1.54) is 6.42 Å². The molecule has 0 bridgehead atoms. The fourth-order valence-electron chi connectivity index (χ4n) is 3.05. The van der Waals surface area contributed by atoms with Gasteiger partial charge in [0.05, 0.1) is 5.52 Å². The summed E-state index contributed by atoms with van der Waals surface area (Å²) in [4.78, 5) is 6.72. The van der Waals surface area contributed by atoms with Crippen LogP contribution in [0, 0.1) is 5.41 Å². The Bertz CT molecular complexity index is 695. The third-order valence-electron chi connectivity index (χ3n) is 4.15. The van der Waals surface area contributed by atoms with Crippen LogP contribution in [-0.2, 0) is 0 Å². The average molecular weight is 302 g/mol. The van der Waals surface area contributed by atoms with E-state index >= 15 is 0 Å². The number of fused-ring (bicyclic) bond motifs is 1. The van der Waals surface area contributed by atoms with E-state index in [0.717, 1.165) is 30.7 Å². The van der Waals surface area contributed by atoms with E-state index in [0.29, 0.717) is 22.5 Å². The highest BCUT2D eigenvalue weighted by Gasteiger charge is 2.20. The normalized spacial score (nSPS) is 20.0. The number of amidine groups is 1. The lowest BCUT2D eigenvalue weighted by Gasteiger charge is -2.21. The molecule has 7 heteroatoms. The number of likely N-dealkylation sites (tertiary alicyclic amines) is 1. The molecule has 22 heavy (non-hydrogen) atoms. The predicted octanol–water partition coefficient (Wildman–Crippen LogP) is 1.45. The molecule has 2 heterocycles. The van der Waals surface area contributed by atoms with E-state index in [2.05, 4.69) is 22.2 Å². The molecule has 1 aromatic heterocycles. The van der Waals surface area contributed by atoms with Crippen molar-refractivity contribution in [3.63, 3.8) is 0 Å². The van der Waals surface area contributed by atoms with Gasteiger partial charge in [0.1, 0.15) is 11.4 Å². The Kier molecular flexibility index (Phi) is 3.89. The van der Waals surface area contributed by atoms with Gasteiger partial charge in [-0.1, -0.05) is 12.5 Å². The van der Waals surface area contributed by atoms with Gasteiger partial charge < -0.3 is 21.2 Å². The molecule has 0 aliphatic carbocycles. The predicted molar refractivity (Wildman–Crippen MR) is 86.7 cm³/mol. The van der Waals surface area contributed by atoms with Crippen LogP contribution in [0.25, 0.3) is 11.0 Å². The van der Waals surface area contributed by atoms with Crippen molar-refractivity contribution in [1.29, 1.82) is 5.41 Å². The summed E-state index contributed by atoms with van der Waals surface area (Å²) in [5.74, 6) is 0.325. The summed E-state index contributed by atoms with van der Waals surface area (Å²) in [6.45, 7) is 2.02. The molecule has 7 nitrogen and oxygen atoms in total. The van der Waals surface area contributed by atoms with Crippen molar-refractivity contribution in [3.8, 4) is 0 Å². The third-order valence-corrected chi connectivity index (χ3v) is 4.15. The van der Waals surface area contributed by atoms with E-state index < -0.39 is 0 Å². The minimum Gasteiger partial charge on any atom is -0.425 e. The van der Waals surface area contributed by atoms with Crippen molar-refractivity contribution < 1.29 is 5.21 Å². The number of likely N-dealkylation sites (N-methyl/N-ethyl adjacent to an activating group) is 1. The van der Waals surface area contributed by atoms with Crippen LogP contribution < -0.4 is 11.1 Å². The second kappa shape index (κ2) is 5.84. The lowest BCUT2D eigenvalue weighted by atomic mass is 10.1. The number of anilines is 1. The quantitative estimate of drug-likeness (QED) is 0.390. The molecule has 5 N–H and O–H groups in total. The summed E-state index contributed by atoms with van der Waals surface area (Å²) in [6.07, 6.45) is 3.40. The monoisotopic (exact) mass is 302 g/mol. The standard InChI is InChI=1S/C15H22N6O/c1-20-8-3-2-5-10(9-20)18-15-19-12-7-4-6-11(14(16)17)13(12)21(15)22/h4,6-7,10,22H,2-3,5,8-9H2,1H3,(H3,16,17)(H,18,19). The SMILES string of the molecule is CN1CCCCC(Nc2nc3cccc(C(=N)N)c3n2O)C1. The fraction of sp³-hybridized carbons (Fsp3) is 0.467. The zero-order valence-electron chi connectivity index (χ0n) is 12.7. The third kappa shape index (κ3) is 2.71. The molecule has 1 saturated heterocycles. The van der Waals surface area contributed by atoms with Gasteiger partial charge in [-0.05, 0) is 38.6 Å². The summed E-state index contributed by atoms with van der Waals surface area (Å²) < 4.78 is 1.01. The molecule has 1 atom stereocenters. The minimum atomic E-state index is -0.0819. The van der Waals surface area contributed by atoms with Gasteiger partial charge in [-0.25, -0.2) is 4.98 Å². The first kappa shape index (κ1) is 14.6. The lowest BCUT2D eigenvalue weighted by Crippen LogP contribution is -2.33. The van der Waals surface area contributed by atoms with Gasteiger partial charge in [0.2, 0.25) is 5.95 Å². The zero-order valence-corrected chi connectivity index (χ0v) is 12.7. The van der Waals surface area contributed by atoms with Crippen LogP contribution >= 0.6 is 0 Å². The summed E-state index contributed by atoms with van der Waals surface area (Å²) in [5, 5.41) is 21.4. The van der Waals surface area contributed by atoms with Gasteiger partial charge in [0, 0.05) is 18.2 Å². The van der Waals surface area contributed by atoms with Crippen LogP contribution in [0.3, 0.4) is 0 Å². The van der Waals surface area contributed by atoms with Crippen molar-refractivity contribution >= 4 is 22.8 Å². The van der Waals surface area contributed by atoms with E-state index in [4.69, 9.17) is 11.1 Å². The maximum atomic E-state index is 10.4. The number of rotatable bonds is 3. The fourth-order valence-corrected chi connectivity index (χ4v) is 3.05. The first-order valence-electron chi connectivity index (χ1n) is 7.56. The first-order valence-corrected chi connectivity index (χ1v) is 7.56. The molecule has 1 fully saturated rings. The second-order valence-corrected chi connectivity index (χ2v) is 5.93. The van der Waals surface area contributed by atoms with Gasteiger partial charge in [0.25, 0.3) is 0 Å². The highest BCUT2D eigenvalue weighted by atomic mass is 16.5. The molecule has 1 aliphatic rings. The molecule has 3 rings (SSSR count). The zero-order chi connectivity index (χ0) is 15.7. The largest absolute Gasteiger partial charge is 0.425 e. The molecule has 1 unspecified atom stereocenters. The van der Waals surface area contributed by atoms with Gasteiger partial charge in [-0.2, -0.15) is 0 Å². The molecule has 1 aliphatic heterocycles. The van der Waals surface area contributed by atoms with E-state index in [1.807, 2.05) is 0 Å². The molecule has 0 amide bonds. The van der Waals surface area contributed by atoms with Crippen LogP contribution in [0.1, 0.15) is 24.8 Å². The Morgan fingerprint density at radius 2 is 2.27 bits per heavy atom. The van der Waals surface area contributed by atoms with Crippen molar-refractivity contribution in [3.05, 3.63) is 23.8 Å². The molecule has 0 saturated carbocycles. The van der Waals surface area contributed by atoms with Gasteiger partial charge in [-0.15, -0.1) is 4.73 Å². The highest BCUT2D eigenvalue weighted by molar-refractivity contribution is 6.06.